The van der Waals surface area contributed by atoms with Crippen molar-refractivity contribution in [2.24, 2.45) is 0 Å². The van der Waals surface area contributed by atoms with E-state index in [0.717, 1.165) is 16.8 Å². The molecule has 0 saturated heterocycles. The van der Waals surface area contributed by atoms with E-state index in [4.69, 9.17) is 9.47 Å². The molecule has 0 aromatic heterocycles. The molecular weight excluding hydrogens is 384 g/mol. The summed E-state index contributed by atoms with van der Waals surface area (Å²) in [5.41, 5.74) is 2.23. The van der Waals surface area contributed by atoms with E-state index >= 15 is 0 Å². The van der Waals surface area contributed by atoms with Gasteiger partial charge in [0, 0.05) is 37.0 Å². The summed E-state index contributed by atoms with van der Waals surface area (Å²) in [6.45, 7) is 13.3. The number of amides is 1. The van der Waals surface area contributed by atoms with Crippen LogP contribution in [0.15, 0.2) is 36.4 Å². The molecule has 0 aliphatic rings. The largest absolute Gasteiger partial charge is 0.514 e. The molecule has 30 heavy (non-hydrogen) atoms. The molecule has 0 radical (unpaired) electrons. The molecule has 0 bridgehead atoms. The molecule has 0 fully saturated rings. The van der Waals surface area contributed by atoms with Gasteiger partial charge in [0.15, 0.2) is 0 Å². The number of anilines is 1. The number of hydrogen-bond donors (Lipinski definition) is 2. The Hall–Kier alpha value is -2.80. The lowest BCUT2D eigenvalue weighted by atomic mass is 10.0. The summed E-state index contributed by atoms with van der Waals surface area (Å²) >= 11 is 0. The SMILES string of the molecule is C=C(CO)C(=O)N(CC)C/C=C(\CC)c1cc(OC(=O)OC(C)(C)C)ccc1NC. The zero-order valence-electron chi connectivity index (χ0n) is 18.9. The molecule has 0 unspecified atom stereocenters. The Morgan fingerprint density at radius 1 is 1.27 bits per heavy atom. The van der Waals surface area contributed by atoms with Crippen molar-refractivity contribution in [2.45, 2.75) is 46.6 Å². The first kappa shape index (κ1) is 25.2. The lowest BCUT2D eigenvalue weighted by molar-refractivity contribution is -0.126. The Morgan fingerprint density at radius 3 is 2.43 bits per heavy atom. The van der Waals surface area contributed by atoms with E-state index in [1.54, 1.807) is 37.8 Å². The molecule has 1 amide bonds. The third-order valence-electron chi connectivity index (χ3n) is 4.30. The number of aliphatic hydroxyl groups excluding tert-OH is 1. The molecule has 7 heteroatoms. The van der Waals surface area contributed by atoms with Crippen LogP contribution < -0.4 is 10.1 Å². The second-order valence-corrected chi connectivity index (χ2v) is 7.71. The molecule has 1 aromatic rings. The van der Waals surface area contributed by atoms with Gasteiger partial charge >= 0.3 is 6.16 Å². The van der Waals surface area contributed by atoms with Crippen molar-refractivity contribution in [2.75, 3.05) is 32.1 Å². The number of rotatable bonds is 9. The minimum absolute atomic E-state index is 0.159. The highest BCUT2D eigenvalue weighted by atomic mass is 16.7. The Morgan fingerprint density at radius 2 is 1.93 bits per heavy atom. The number of hydrogen-bond acceptors (Lipinski definition) is 6. The van der Waals surface area contributed by atoms with Crippen molar-refractivity contribution in [1.29, 1.82) is 0 Å². The van der Waals surface area contributed by atoms with Crippen molar-refractivity contribution in [3.05, 3.63) is 42.0 Å². The molecule has 1 aromatic carbocycles. The van der Waals surface area contributed by atoms with Crippen molar-refractivity contribution >= 4 is 23.3 Å². The first-order valence-corrected chi connectivity index (χ1v) is 10.1. The maximum atomic E-state index is 12.3. The lowest BCUT2D eigenvalue weighted by Gasteiger charge is -2.21. The molecule has 0 saturated carbocycles. The lowest BCUT2D eigenvalue weighted by Crippen LogP contribution is -2.32. The van der Waals surface area contributed by atoms with Crippen LogP contribution in [0.25, 0.3) is 5.57 Å². The average Bonchev–Trinajstić information content (AvgIpc) is 2.68. The molecule has 7 nitrogen and oxygen atoms in total. The summed E-state index contributed by atoms with van der Waals surface area (Å²) in [7, 11) is 1.81. The van der Waals surface area contributed by atoms with Gasteiger partial charge in [-0.3, -0.25) is 4.79 Å². The van der Waals surface area contributed by atoms with Crippen LogP contribution in [0.3, 0.4) is 0 Å². The van der Waals surface area contributed by atoms with Gasteiger partial charge in [0.1, 0.15) is 11.4 Å². The molecular formula is C23H34N2O5. The highest BCUT2D eigenvalue weighted by Gasteiger charge is 2.19. The number of benzene rings is 1. The van der Waals surface area contributed by atoms with Gasteiger partial charge in [-0.15, -0.1) is 0 Å². The fourth-order valence-corrected chi connectivity index (χ4v) is 2.75. The molecule has 0 aliphatic carbocycles. The van der Waals surface area contributed by atoms with Crippen LogP contribution in [0, 0.1) is 0 Å². The van der Waals surface area contributed by atoms with Gasteiger partial charge in [0.25, 0.3) is 5.91 Å². The predicted molar refractivity (Wildman–Crippen MR) is 120 cm³/mol. The molecule has 0 heterocycles. The molecule has 0 spiro atoms. The normalized spacial score (nSPS) is 11.6. The van der Waals surface area contributed by atoms with E-state index < -0.39 is 11.8 Å². The maximum absolute atomic E-state index is 12.3. The molecule has 0 aliphatic heterocycles. The van der Waals surface area contributed by atoms with Crippen LogP contribution >= 0.6 is 0 Å². The van der Waals surface area contributed by atoms with Crippen molar-refractivity contribution < 1.29 is 24.2 Å². The predicted octanol–water partition coefficient (Wildman–Crippen LogP) is 4.23. The second kappa shape index (κ2) is 11.4. The number of likely N-dealkylation sites (N-methyl/N-ethyl adjacent to an activating group) is 1. The number of carbonyl (C=O) groups is 2. The zero-order chi connectivity index (χ0) is 22.9. The van der Waals surface area contributed by atoms with E-state index in [1.165, 1.54) is 0 Å². The highest BCUT2D eigenvalue weighted by Crippen LogP contribution is 2.30. The molecule has 0 atom stereocenters. The monoisotopic (exact) mass is 418 g/mol. The van der Waals surface area contributed by atoms with Crippen LogP contribution in [-0.2, 0) is 9.53 Å². The van der Waals surface area contributed by atoms with E-state index in [2.05, 4.69) is 11.9 Å². The zero-order valence-corrected chi connectivity index (χ0v) is 18.9. The van der Waals surface area contributed by atoms with Crippen LogP contribution in [0.5, 0.6) is 5.75 Å². The van der Waals surface area contributed by atoms with Gasteiger partial charge < -0.3 is 24.8 Å². The summed E-state index contributed by atoms with van der Waals surface area (Å²) in [6, 6.07) is 5.30. The maximum Gasteiger partial charge on any atom is 0.514 e. The molecule has 1 rings (SSSR count). The minimum atomic E-state index is -0.766. The summed E-state index contributed by atoms with van der Waals surface area (Å²) in [4.78, 5) is 25.9. The first-order chi connectivity index (χ1) is 14.1. The number of nitrogens with one attached hydrogen (secondary N) is 1. The Balaban J connectivity index is 3.14. The van der Waals surface area contributed by atoms with E-state index in [9.17, 15) is 14.7 Å². The molecule has 166 valence electrons. The smallest absolute Gasteiger partial charge is 0.428 e. The third kappa shape index (κ3) is 7.55. The summed E-state index contributed by atoms with van der Waals surface area (Å²) in [6.07, 6.45) is 1.90. The topological polar surface area (TPSA) is 88.1 Å². The Kier molecular flexibility index (Phi) is 9.59. The summed E-state index contributed by atoms with van der Waals surface area (Å²) in [5.74, 6) is 0.0947. The summed E-state index contributed by atoms with van der Waals surface area (Å²) < 4.78 is 10.5. The fourth-order valence-electron chi connectivity index (χ4n) is 2.75. The number of nitrogens with zero attached hydrogens (tertiary/aromatic N) is 1. The van der Waals surface area contributed by atoms with Crippen molar-refractivity contribution in [1.82, 2.24) is 4.90 Å². The van der Waals surface area contributed by atoms with E-state index in [-0.39, 0.29) is 18.1 Å². The van der Waals surface area contributed by atoms with Crippen molar-refractivity contribution in [3.63, 3.8) is 0 Å². The van der Waals surface area contributed by atoms with Gasteiger partial charge in [-0.1, -0.05) is 19.6 Å². The standard InChI is InChI=1S/C23H34N2O5/c1-8-17(12-13-25(9-2)21(27)16(3)15-26)19-14-18(10-11-20(19)24-7)29-22(28)30-23(4,5)6/h10-12,14,24,26H,3,8-9,13,15H2,1-2,4-7H3/b17-12+. The summed E-state index contributed by atoms with van der Waals surface area (Å²) in [5, 5.41) is 12.3. The fraction of sp³-hybridized carbons (Fsp3) is 0.478. The van der Waals surface area contributed by atoms with Gasteiger partial charge in [-0.05, 0) is 57.9 Å². The van der Waals surface area contributed by atoms with E-state index in [1.807, 2.05) is 33.0 Å². The average molecular weight is 419 g/mol. The van der Waals surface area contributed by atoms with Crippen LogP contribution in [0.1, 0.15) is 46.6 Å². The van der Waals surface area contributed by atoms with Gasteiger partial charge in [-0.2, -0.15) is 0 Å². The highest BCUT2D eigenvalue weighted by molar-refractivity contribution is 5.93. The molecule has 2 N–H and O–H groups in total. The minimum Gasteiger partial charge on any atom is -0.428 e. The van der Waals surface area contributed by atoms with Crippen LogP contribution in [0.2, 0.25) is 0 Å². The second-order valence-electron chi connectivity index (χ2n) is 7.71. The first-order valence-electron chi connectivity index (χ1n) is 10.1. The van der Waals surface area contributed by atoms with Crippen LogP contribution in [-0.4, -0.2) is 54.4 Å². The number of aliphatic hydroxyl groups is 1. The van der Waals surface area contributed by atoms with Gasteiger partial charge in [0.2, 0.25) is 0 Å². The Bertz CT molecular complexity index is 793. The number of carbonyl (C=O) groups excluding carboxylic acids is 2. The quantitative estimate of drug-likeness (QED) is 0.354. The van der Waals surface area contributed by atoms with Crippen LogP contribution in [0.4, 0.5) is 10.5 Å². The van der Waals surface area contributed by atoms with Crippen molar-refractivity contribution in [3.8, 4) is 5.75 Å². The number of allylic oxidation sites excluding steroid dienone is 1. The van der Waals surface area contributed by atoms with E-state index in [0.29, 0.717) is 25.3 Å². The van der Waals surface area contributed by atoms with Gasteiger partial charge in [-0.25, -0.2) is 4.79 Å². The van der Waals surface area contributed by atoms with Gasteiger partial charge in [0.05, 0.1) is 6.61 Å². The third-order valence-corrected chi connectivity index (χ3v) is 4.30. The Labute approximate surface area is 179 Å². The number of ether oxygens (including phenoxy) is 2.